The van der Waals surface area contributed by atoms with Gasteiger partial charge >= 0.3 is 0 Å². The zero-order valence-electron chi connectivity index (χ0n) is 13.1. The van der Waals surface area contributed by atoms with Crippen molar-refractivity contribution in [2.45, 2.75) is 25.0 Å². The molecule has 1 aliphatic rings. The molecule has 5 nitrogen and oxygen atoms in total. The molecule has 0 saturated carbocycles. The van der Waals surface area contributed by atoms with Crippen LogP contribution in [0.4, 0.5) is 0 Å². The number of rotatable bonds is 5. The highest BCUT2D eigenvalue weighted by Gasteiger charge is 2.18. The molecule has 1 aromatic carbocycles. The quantitative estimate of drug-likeness (QED) is 0.859. The fourth-order valence-corrected chi connectivity index (χ4v) is 3.19. The van der Waals surface area contributed by atoms with Gasteiger partial charge in [0, 0.05) is 24.7 Å². The predicted molar refractivity (Wildman–Crippen MR) is 89.0 cm³/mol. The number of morpholine rings is 1. The lowest BCUT2D eigenvalue weighted by Gasteiger charge is -2.32. The molecule has 1 fully saturated rings. The van der Waals surface area contributed by atoms with Crippen LogP contribution in [0, 0.1) is 0 Å². The Hall–Kier alpha value is -1.37. The number of hydrogen-bond acceptors (Lipinski definition) is 5. The van der Waals surface area contributed by atoms with Gasteiger partial charge in [0.05, 0.1) is 13.2 Å². The normalized spacial score (nSPS) is 17.5. The van der Waals surface area contributed by atoms with E-state index >= 15 is 0 Å². The summed E-state index contributed by atoms with van der Waals surface area (Å²) in [6, 6.07) is 9.02. The average molecular weight is 318 g/mol. The molecule has 3 rings (SSSR count). The van der Waals surface area contributed by atoms with Gasteiger partial charge in [-0.25, -0.2) is 4.98 Å². The van der Waals surface area contributed by atoms with Crippen LogP contribution < -0.4 is 0 Å². The molecule has 1 N–H and O–H groups in total. The first-order valence-electron chi connectivity index (χ1n) is 7.75. The van der Waals surface area contributed by atoms with Gasteiger partial charge in [0.2, 0.25) is 5.16 Å². The largest absolute Gasteiger partial charge is 0.379 e. The molecule has 1 saturated heterocycles. The van der Waals surface area contributed by atoms with Gasteiger partial charge in [-0.3, -0.25) is 10.00 Å². The summed E-state index contributed by atoms with van der Waals surface area (Å²) in [5.74, 6) is 1.81. The van der Waals surface area contributed by atoms with Gasteiger partial charge in [0.1, 0.15) is 0 Å². The third-order valence-corrected chi connectivity index (χ3v) is 4.73. The maximum absolute atomic E-state index is 5.42. The van der Waals surface area contributed by atoms with E-state index in [9.17, 15) is 0 Å². The number of hydrogen-bond donors (Lipinski definition) is 1. The van der Waals surface area contributed by atoms with E-state index in [0.29, 0.717) is 6.04 Å². The van der Waals surface area contributed by atoms with Gasteiger partial charge in [-0.1, -0.05) is 43.0 Å². The van der Waals surface area contributed by atoms with Gasteiger partial charge in [0.25, 0.3) is 0 Å². The number of nitrogens with zero attached hydrogens (tertiary/aromatic N) is 3. The SMILES string of the molecule is CCSc1n[nH]c(-c2ccc(C(C)N3CCOCC3)cc2)n1. The van der Waals surface area contributed by atoms with Crippen molar-refractivity contribution in [3.05, 3.63) is 29.8 Å². The lowest BCUT2D eigenvalue weighted by molar-refractivity contribution is 0.0198. The van der Waals surface area contributed by atoms with Gasteiger partial charge in [-0.15, -0.1) is 5.10 Å². The second-order valence-corrected chi connectivity index (χ2v) is 6.58. The summed E-state index contributed by atoms with van der Waals surface area (Å²) in [5, 5.41) is 8.04. The Balaban J connectivity index is 1.71. The minimum atomic E-state index is 0.416. The lowest BCUT2D eigenvalue weighted by Crippen LogP contribution is -2.37. The summed E-state index contributed by atoms with van der Waals surface area (Å²) in [6.45, 7) is 8.02. The van der Waals surface area contributed by atoms with Gasteiger partial charge in [-0.05, 0) is 18.2 Å². The zero-order valence-corrected chi connectivity index (χ0v) is 13.9. The third kappa shape index (κ3) is 3.51. The second kappa shape index (κ2) is 7.26. The van der Waals surface area contributed by atoms with E-state index in [4.69, 9.17) is 4.74 Å². The number of ether oxygens (including phenoxy) is 1. The first-order valence-corrected chi connectivity index (χ1v) is 8.74. The Labute approximate surface area is 135 Å². The van der Waals surface area contributed by atoms with E-state index in [0.717, 1.165) is 48.6 Å². The van der Waals surface area contributed by atoms with E-state index in [2.05, 4.69) is 58.2 Å². The fourth-order valence-electron chi connectivity index (χ4n) is 2.66. The summed E-state index contributed by atoms with van der Waals surface area (Å²) in [6.07, 6.45) is 0. The van der Waals surface area contributed by atoms with Crippen LogP contribution in [0.5, 0.6) is 0 Å². The molecule has 2 heterocycles. The highest BCUT2D eigenvalue weighted by atomic mass is 32.2. The van der Waals surface area contributed by atoms with Crippen molar-refractivity contribution in [3.63, 3.8) is 0 Å². The monoisotopic (exact) mass is 318 g/mol. The highest BCUT2D eigenvalue weighted by molar-refractivity contribution is 7.99. The summed E-state index contributed by atoms with van der Waals surface area (Å²) in [5.41, 5.74) is 2.40. The minimum absolute atomic E-state index is 0.416. The molecule has 0 spiro atoms. The minimum Gasteiger partial charge on any atom is -0.379 e. The van der Waals surface area contributed by atoms with E-state index in [1.54, 1.807) is 11.8 Å². The van der Waals surface area contributed by atoms with Crippen LogP contribution in [0.15, 0.2) is 29.4 Å². The molecule has 1 atom stereocenters. The second-order valence-electron chi connectivity index (χ2n) is 5.35. The van der Waals surface area contributed by atoms with E-state index in [1.165, 1.54) is 5.56 Å². The van der Waals surface area contributed by atoms with E-state index in [1.807, 2.05) is 0 Å². The van der Waals surface area contributed by atoms with Crippen LogP contribution in [-0.2, 0) is 4.74 Å². The molecule has 1 aromatic heterocycles. The summed E-state index contributed by atoms with van der Waals surface area (Å²) < 4.78 is 5.42. The maximum atomic E-state index is 5.42. The number of aromatic amines is 1. The Morgan fingerprint density at radius 3 is 2.68 bits per heavy atom. The fraction of sp³-hybridized carbons (Fsp3) is 0.500. The van der Waals surface area contributed by atoms with E-state index < -0.39 is 0 Å². The molecular formula is C16H22N4OS. The van der Waals surface area contributed by atoms with Crippen molar-refractivity contribution in [3.8, 4) is 11.4 Å². The van der Waals surface area contributed by atoms with Crippen molar-refractivity contribution >= 4 is 11.8 Å². The van der Waals surface area contributed by atoms with Crippen LogP contribution >= 0.6 is 11.8 Å². The Bertz CT molecular complexity index is 592. The molecule has 0 amide bonds. The van der Waals surface area contributed by atoms with Gasteiger partial charge in [0.15, 0.2) is 5.82 Å². The standard InChI is InChI=1S/C16H22N4OS/c1-3-22-16-17-15(18-19-16)14-6-4-13(5-7-14)12(2)20-8-10-21-11-9-20/h4-7,12H,3,8-11H2,1-2H3,(H,17,18,19). The average Bonchev–Trinajstić information content (AvgIpc) is 3.04. The van der Waals surface area contributed by atoms with E-state index in [-0.39, 0.29) is 0 Å². The summed E-state index contributed by atoms with van der Waals surface area (Å²) in [4.78, 5) is 6.97. The third-order valence-electron chi connectivity index (χ3n) is 4.00. The number of benzene rings is 1. The number of H-pyrrole nitrogens is 1. The van der Waals surface area contributed by atoms with Crippen LogP contribution in [0.25, 0.3) is 11.4 Å². The molecular weight excluding hydrogens is 296 g/mol. The van der Waals surface area contributed by atoms with Crippen LogP contribution in [0.2, 0.25) is 0 Å². The Morgan fingerprint density at radius 1 is 1.27 bits per heavy atom. The van der Waals surface area contributed by atoms with Gasteiger partial charge < -0.3 is 4.74 Å². The van der Waals surface area contributed by atoms with Crippen molar-refractivity contribution in [1.82, 2.24) is 20.1 Å². The first kappa shape index (κ1) is 15.5. The molecule has 1 aliphatic heterocycles. The van der Waals surface area contributed by atoms with Crippen molar-refractivity contribution in [1.29, 1.82) is 0 Å². The van der Waals surface area contributed by atoms with Crippen LogP contribution in [-0.4, -0.2) is 52.1 Å². The molecule has 1 unspecified atom stereocenters. The molecule has 0 aliphatic carbocycles. The number of aromatic nitrogens is 3. The van der Waals surface area contributed by atoms with Crippen molar-refractivity contribution in [2.75, 3.05) is 32.1 Å². The Kier molecular flexibility index (Phi) is 5.12. The number of nitrogens with one attached hydrogen (secondary N) is 1. The Morgan fingerprint density at radius 2 is 2.00 bits per heavy atom. The topological polar surface area (TPSA) is 54.0 Å². The molecule has 118 valence electrons. The summed E-state index contributed by atoms with van der Waals surface area (Å²) >= 11 is 1.65. The molecule has 6 heteroatoms. The van der Waals surface area contributed by atoms with Crippen molar-refractivity contribution < 1.29 is 4.74 Å². The zero-order chi connectivity index (χ0) is 15.4. The molecule has 2 aromatic rings. The smallest absolute Gasteiger partial charge is 0.208 e. The van der Waals surface area contributed by atoms with Crippen LogP contribution in [0.3, 0.4) is 0 Å². The van der Waals surface area contributed by atoms with Crippen LogP contribution in [0.1, 0.15) is 25.5 Å². The molecule has 0 radical (unpaired) electrons. The van der Waals surface area contributed by atoms with Crippen molar-refractivity contribution in [2.24, 2.45) is 0 Å². The molecule has 22 heavy (non-hydrogen) atoms. The lowest BCUT2D eigenvalue weighted by atomic mass is 10.0. The predicted octanol–water partition coefficient (Wildman–Crippen LogP) is 2.98. The number of thioether (sulfide) groups is 1. The van der Waals surface area contributed by atoms with Gasteiger partial charge in [-0.2, -0.15) is 0 Å². The summed E-state index contributed by atoms with van der Waals surface area (Å²) in [7, 11) is 0. The molecule has 0 bridgehead atoms. The maximum Gasteiger partial charge on any atom is 0.208 e. The highest BCUT2D eigenvalue weighted by Crippen LogP contribution is 2.24. The first-order chi connectivity index (χ1) is 10.8.